The van der Waals surface area contributed by atoms with E-state index in [0.717, 1.165) is 111 Å². The van der Waals surface area contributed by atoms with Crippen molar-refractivity contribution in [3.63, 3.8) is 0 Å². The molecule has 0 fully saturated rings. The van der Waals surface area contributed by atoms with Gasteiger partial charge in [0.25, 0.3) is 0 Å². The Morgan fingerprint density at radius 3 is 1.09 bits per heavy atom. The number of nitriles is 1. The van der Waals surface area contributed by atoms with Crippen LogP contribution in [0, 0.1) is 11.3 Å². The van der Waals surface area contributed by atoms with Crippen LogP contribution in [-0.2, 0) is 21.7 Å². The lowest BCUT2D eigenvalue weighted by Gasteiger charge is -2.26. The van der Waals surface area contributed by atoms with Crippen LogP contribution in [0.1, 0.15) is 111 Å². The molecule has 11 aromatic carbocycles. The van der Waals surface area contributed by atoms with Crippen LogP contribution in [0.5, 0.6) is 0 Å². The first-order chi connectivity index (χ1) is 44.0. The van der Waals surface area contributed by atoms with Crippen molar-refractivity contribution in [1.82, 2.24) is 24.1 Å². The van der Waals surface area contributed by atoms with Crippen LogP contribution >= 0.6 is 0 Å². The minimum Gasteiger partial charge on any atom is -0.309 e. The summed E-state index contributed by atoms with van der Waals surface area (Å²) in [6, 6.07) is 90.4. The first-order valence-corrected chi connectivity index (χ1v) is 32.1. The molecule has 450 valence electrons. The van der Waals surface area contributed by atoms with Crippen LogP contribution < -0.4 is 0 Å². The van der Waals surface area contributed by atoms with Crippen molar-refractivity contribution in [3.05, 3.63) is 270 Å². The molecule has 0 saturated heterocycles. The molecule has 6 heteroatoms. The minimum absolute atomic E-state index is 0.168. The van der Waals surface area contributed by atoms with Gasteiger partial charge in [-0.2, -0.15) is 5.26 Å². The van der Waals surface area contributed by atoms with Crippen LogP contribution in [-0.4, -0.2) is 24.1 Å². The van der Waals surface area contributed by atoms with E-state index in [9.17, 15) is 5.26 Å². The molecule has 3 aromatic heterocycles. The summed E-state index contributed by atoms with van der Waals surface area (Å²) < 4.78 is 4.85. The highest BCUT2D eigenvalue weighted by Crippen LogP contribution is 2.45. The molecule has 0 bridgehead atoms. The number of nitrogens with zero attached hydrogens (tertiary/aromatic N) is 6. The van der Waals surface area contributed by atoms with Gasteiger partial charge in [-0.25, -0.2) is 15.0 Å². The van der Waals surface area contributed by atoms with Crippen LogP contribution in [0.25, 0.3) is 134 Å². The summed E-state index contributed by atoms with van der Waals surface area (Å²) >= 11 is 0. The van der Waals surface area contributed by atoms with Gasteiger partial charge in [-0.1, -0.05) is 229 Å². The van der Waals surface area contributed by atoms with Gasteiger partial charge >= 0.3 is 0 Å². The molecule has 0 atom stereocenters. The first kappa shape index (κ1) is 59.2. The molecule has 0 aliphatic heterocycles. The highest BCUT2D eigenvalue weighted by atomic mass is 15.1. The Kier molecular flexibility index (Phi) is 14.5. The van der Waals surface area contributed by atoms with Crippen molar-refractivity contribution in [3.8, 4) is 96.1 Å². The molecule has 0 saturated carbocycles. The van der Waals surface area contributed by atoms with Gasteiger partial charge < -0.3 is 9.13 Å². The molecule has 0 radical (unpaired) electrons. The van der Waals surface area contributed by atoms with Crippen molar-refractivity contribution in [2.45, 2.75) is 105 Å². The van der Waals surface area contributed by atoms with Gasteiger partial charge in [0.1, 0.15) is 0 Å². The van der Waals surface area contributed by atoms with E-state index in [1.165, 1.54) is 27.8 Å². The molecule has 0 aliphatic rings. The zero-order valence-electron chi connectivity index (χ0n) is 54.8. The summed E-state index contributed by atoms with van der Waals surface area (Å²) in [7, 11) is 0. The van der Waals surface area contributed by atoms with Gasteiger partial charge in [-0.05, 0) is 180 Å². The maximum atomic E-state index is 10.3. The second-order valence-electron chi connectivity index (χ2n) is 29.0. The monoisotopic (exact) mass is 1190 g/mol. The second-order valence-corrected chi connectivity index (χ2v) is 29.0. The quantitative estimate of drug-likeness (QED) is 0.144. The van der Waals surface area contributed by atoms with Gasteiger partial charge in [-0.15, -0.1) is 0 Å². The molecule has 0 amide bonds. The molecular weight excluding hydrogens is 1120 g/mol. The van der Waals surface area contributed by atoms with Gasteiger partial charge in [-0.3, -0.25) is 0 Å². The van der Waals surface area contributed by atoms with E-state index in [-0.39, 0.29) is 21.7 Å². The number of hydrogen-bond donors (Lipinski definition) is 0. The molecule has 14 rings (SSSR count). The van der Waals surface area contributed by atoms with Crippen molar-refractivity contribution in [2.75, 3.05) is 0 Å². The smallest absolute Gasteiger partial charge is 0.166 e. The summed E-state index contributed by atoms with van der Waals surface area (Å²) in [5.41, 5.74) is 22.3. The van der Waals surface area contributed by atoms with Crippen molar-refractivity contribution < 1.29 is 0 Å². The predicted molar refractivity (Wildman–Crippen MR) is 386 cm³/mol. The summed E-state index contributed by atoms with van der Waals surface area (Å²) in [4.78, 5) is 17.3. The Morgan fingerprint density at radius 2 is 0.630 bits per heavy atom. The summed E-state index contributed by atoms with van der Waals surface area (Å²) in [6.45, 7) is 27.4. The normalized spacial score (nSPS) is 12.3. The molecule has 0 N–H and O–H groups in total. The van der Waals surface area contributed by atoms with Crippen LogP contribution in [0.3, 0.4) is 0 Å². The third kappa shape index (κ3) is 11.0. The molecular formula is C86H76N6. The van der Waals surface area contributed by atoms with E-state index < -0.39 is 0 Å². The van der Waals surface area contributed by atoms with Gasteiger partial charge in [0.05, 0.1) is 45.1 Å². The fraction of sp³-hybridized carbons (Fsp3) is 0.186. The third-order valence-electron chi connectivity index (χ3n) is 18.4. The topological polar surface area (TPSA) is 72.3 Å². The Bertz CT molecular complexity index is 5100. The lowest BCUT2D eigenvalue weighted by Crippen LogP contribution is -2.17. The van der Waals surface area contributed by atoms with Crippen LogP contribution in [0.4, 0.5) is 0 Å². The van der Waals surface area contributed by atoms with Crippen LogP contribution in [0.2, 0.25) is 0 Å². The number of rotatable bonds is 9. The largest absolute Gasteiger partial charge is 0.309 e. The van der Waals surface area contributed by atoms with E-state index >= 15 is 0 Å². The number of para-hydroxylation sites is 2. The maximum absolute atomic E-state index is 10.3. The number of hydrogen-bond acceptors (Lipinski definition) is 4. The standard InChI is InChI=1S/C86H76N6/c1-83(2,3)64-43-62(44-65(51-64)84(4,5)6)80-88-81(63-45-66(85(7,8)9)52-67(46-63)86(10,11)12)90-82(89-80)73-50-61(37-41-79(73)92-75-33-22-20-31-69(75)72-49-59(35-40-78(72)92)56-27-17-14-18-28-56)70-47-60(57-29-23-24-54(42-57)53-87)36-38-76(70)91-74-32-21-19-30-68(74)71-48-58(34-39-77(71)91)55-25-15-13-16-26-55/h13-52H,1-12H3. The lowest BCUT2D eigenvalue weighted by atomic mass is 9.79. The Labute approximate surface area is 541 Å². The van der Waals surface area contributed by atoms with Crippen molar-refractivity contribution in [2.24, 2.45) is 0 Å². The van der Waals surface area contributed by atoms with Gasteiger partial charge in [0.15, 0.2) is 17.5 Å². The third-order valence-corrected chi connectivity index (χ3v) is 18.4. The Hall–Kier alpha value is -10.5. The predicted octanol–water partition coefficient (Wildman–Crippen LogP) is 22.8. The molecule has 0 aliphatic carbocycles. The highest BCUT2D eigenvalue weighted by Gasteiger charge is 2.28. The molecule has 6 nitrogen and oxygen atoms in total. The van der Waals surface area contributed by atoms with Gasteiger partial charge in [0.2, 0.25) is 0 Å². The summed E-state index contributed by atoms with van der Waals surface area (Å²) in [5, 5.41) is 14.9. The van der Waals surface area contributed by atoms with E-state index in [2.05, 4.69) is 323 Å². The molecule has 14 aromatic rings. The second kappa shape index (κ2) is 22.5. The molecule has 92 heavy (non-hydrogen) atoms. The summed E-state index contributed by atoms with van der Waals surface area (Å²) in [5.74, 6) is 1.76. The first-order valence-electron chi connectivity index (χ1n) is 32.1. The Balaban J connectivity index is 1.11. The average Bonchev–Trinajstić information content (AvgIpc) is 1.55. The fourth-order valence-electron chi connectivity index (χ4n) is 13.1. The van der Waals surface area contributed by atoms with Gasteiger partial charge in [0, 0.05) is 43.8 Å². The van der Waals surface area contributed by atoms with E-state index in [4.69, 9.17) is 15.0 Å². The number of aromatic nitrogens is 5. The number of benzene rings is 11. The highest BCUT2D eigenvalue weighted by molar-refractivity contribution is 6.12. The lowest BCUT2D eigenvalue weighted by molar-refractivity contribution is 0.568. The average molecular weight is 1190 g/mol. The van der Waals surface area contributed by atoms with Crippen LogP contribution in [0.15, 0.2) is 243 Å². The number of fused-ring (bicyclic) bond motifs is 6. The van der Waals surface area contributed by atoms with Crippen molar-refractivity contribution >= 4 is 43.6 Å². The van der Waals surface area contributed by atoms with E-state index in [1.54, 1.807) is 0 Å². The minimum atomic E-state index is -0.168. The van der Waals surface area contributed by atoms with Crippen molar-refractivity contribution in [1.29, 1.82) is 5.26 Å². The molecule has 3 heterocycles. The zero-order chi connectivity index (χ0) is 64.0. The maximum Gasteiger partial charge on any atom is 0.166 e. The molecule has 0 spiro atoms. The fourth-order valence-corrected chi connectivity index (χ4v) is 13.1. The SMILES string of the molecule is CC(C)(C)c1cc(-c2nc(-c3cc(C(C)(C)C)cc(C(C)(C)C)c3)nc(-c3cc(-c4cc(-c5cccc(C#N)c5)ccc4-n4c5ccccc5c5cc(-c6ccccc6)ccc54)ccc3-n3c4ccccc4c4cc(-c5ccccc5)ccc43)n2)cc(C(C)(C)C)c1. The zero-order valence-corrected chi connectivity index (χ0v) is 54.8. The van der Waals surface area contributed by atoms with E-state index in [1.807, 2.05) is 18.2 Å². The Morgan fingerprint density at radius 1 is 0.272 bits per heavy atom. The molecule has 0 unspecified atom stereocenters. The summed E-state index contributed by atoms with van der Waals surface area (Å²) in [6.07, 6.45) is 0. The van der Waals surface area contributed by atoms with E-state index in [0.29, 0.717) is 23.0 Å².